The van der Waals surface area contributed by atoms with Crippen molar-refractivity contribution in [1.82, 2.24) is 15.1 Å². The molecule has 0 aliphatic rings. The fourth-order valence-electron chi connectivity index (χ4n) is 1.94. The van der Waals surface area contributed by atoms with Crippen LogP contribution in [0.3, 0.4) is 0 Å². The van der Waals surface area contributed by atoms with E-state index in [1.807, 2.05) is 6.92 Å². The van der Waals surface area contributed by atoms with Gasteiger partial charge in [0.1, 0.15) is 0 Å². The molecule has 2 rings (SSSR count). The van der Waals surface area contributed by atoms with Crippen LogP contribution in [0.5, 0.6) is 0 Å². The third-order valence-corrected chi connectivity index (χ3v) is 3.38. The van der Waals surface area contributed by atoms with Crippen LogP contribution in [-0.2, 0) is 19.3 Å². The first-order valence-corrected chi connectivity index (χ1v) is 6.86. The van der Waals surface area contributed by atoms with Crippen molar-refractivity contribution in [1.29, 1.82) is 0 Å². The van der Waals surface area contributed by atoms with Gasteiger partial charge in [0.25, 0.3) is 5.91 Å². The van der Waals surface area contributed by atoms with Crippen LogP contribution in [0, 0.1) is 0 Å². The quantitative estimate of drug-likeness (QED) is 0.932. The van der Waals surface area contributed by atoms with E-state index in [0.29, 0.717) is 17.3 Å². The summed E-state index contributed by atoms with van der Waals surface area (Å²) in [6.07, 6.45) is -3.03. The first-order valence-electron chi connectivity index (χ1n) is 6.48. The highest BCUT2D eigenvalue weighted by atomic mass is 35.5. The van der Waals surface area contributed by atoms with Gasteiger partial charge >= 0.3 is 6.18 Å². The van der Waals surface area contributed by atoms with Gasteiger partial charge in [-0.05, 0) is 25.1 Å². The highest BCUT2D eigenvalue weighted by Gasteiger charge is 2.30. The normalized spacial score (nSPS) is 11.5. The maximum atomic E-state index is 12.6. The lowest BCUT2D eigenvalue weighted by Crippen LogP contribution is -2.25. The van der Waals surface area contributed by atoms with Crippen LogP contribution in [-0.4, -0.2) is 15.7 Å². The number of aryl methyl sites for hydroxylation is 1. The lowest BCUT2D eigenvalue weighted by Gasteiger charge is -2.10. The van der Waals surface area contributed by atoms with E-state index in [1.165, 1.54) is 18.3 Å². The molecular weight excluding hydrogens is 319 g/mol. The molecule has 0 fully saturated rings. The van der Waals surface area contributed by atoms with E-state index in [-0.39, 0.29) is 12.1 Å². The van der Waals surface area contributed by atoms with Crippen LogP contribution in [0.1, 0.15) is 28.5 Å². The zero-order valence-corrected chi connectivity index (χ0v) is 12.4. The van der Waals surface area contributed by atoms with Crippen LogP contribution >= 0.6 is 11.6 Å². The van der Waals surface area contributed by atoms with Crippen LogP contribution in [0.4, 0.5) is 13.2 Å². The van der Waals surface area contributed by atoms with Crippen LogP contribution in [0.25, 0.3) is 0 Å². The number of benzene rings is 1. The van der Waals surface area contributed by atoms with Gasteiger partial charge < -0.3 is 5.32 Å². The summed E-state index contributed by atoms with van der Waals surface area (Å²) < 4.78 is 39.5. The molecule has 0 saturated carbocycles. The number of carbonyl (C=O) groups excluding carboxylic acids is 1. The van der Waals surface area contributed by atoms with Gasteiger partial charge in [0.2, 0.25) is 0 Å². The number of nitrogens with zero attached hydrogens (tertiary/aromatic N) is 2. The second-order valence-corrected chi connectivity index (χ2v) is 4.92. The Balaban J connectivity index is 2.11. The average Bonchev–Trinajstić information content (AvgIpc) is 2.84. The minimum Gasteiger partial charge on any atom is -0.346 e. The standard InChI is InChI=1S/C14H13ClF3N3O/c1-2-21-12(11(15)7-20-21)8-19-13(22)9-4-3-5-10(6-9)14(16,17)18/h3-7H,2,8H2,1H3,(H,19,22). The molecule has 0 unspecified atom stereocenters. The van der Waals surface area contributed by atoms with Crippen molar-refractivity contribution in [2.75, 3.05) is 0 Å². The van der Waals surface area contributed by atoms with Gasteiger partial charge in [-0.15, -0.1) is 0 Å². The summed E-state index contributed by atoms with van der Waals surface area (Å²) in [5.74, 6) is -0.606. The second kappa shape index (κ2) is 6.39. The fraction of sp³-hybridized carbons (Fsp3) is 0.286. The molecule has 0 saturated heterocycles. The van der Waals surface area contributed by atoms with Crippen molar-refractivity contribution in [2.24, 2.45) is 0 Å². The smallest absolute Gasteiger partial charge is 0.346 e. The molecule has 1 N–H and O–H groups in total. The van der Waals surface area contributed by atoms with Gasteiger partial charge in [-0.2, -0.15) is 18.3 Å². The molecule has 22 heavy (non-hydrogen) atoms. The van der Waals surface area contributed by atoms with Crippen molar-refractivity contribution in [3.63, 3.8) is 0 Å². The van der Waals surface area contributed by atoms with Crippen LogP contribution in [0.15, 0.2) is 30.5 Å². The van der Waals surface area contributed by atoms with Crippen molar-refractivity contribution < 1.29 is 18.0 Å². The molecule has 1 aromatic carbocycles. The number of alkyl halides is 3. The van der Waals surface area contributed by atoms with E-state index < -0.39 is 17.6 Å². The Labute approximate surface area is 129 Å². The van der Waals surface area contributed by atoms with E-state index >= 15 is 0 Å². The molecule has 0 radical (unpaired) electrons. The van der Waals surface area contributed by atoms with Crippen molar-refractivity contribution >= 4 is 17.5 Å². The molecule has 0 aliphatic carbocycles. The van der Waals surface area contributed by atoms with Crippen molar-refractivity contribution in [3.8, 4) is 0 Å². The molecule has 4 nitrogen and oxygen atoms in total. The minimum absolute atomic E-state index is 0.0616. The van der Waals surface area contributed by atoms with Gasteiger partial charge in [-0.1, -0.05) is 17.7 Å². The molecule has 1 heterocycles. The molecule has 0 aliphatic heterocycles. The molecule has 8 heteroatoms. The maximum Gasteiger partial charge on any atom is 0.416 e. The van der Waals surface area contributed by atoms with E-state index in [2.05, 4.69) is 10.4 Å². The van der Waals surface area contributed by atoms with Crippen molar-refractivity contribution in [3.05, 3.63) is 52.3 Å². The summed E-state index contributed by atoms with van der Waals surface area (Å²) in [5, 5.41) is 6.95. The largest absolute Gasteiger partial charge is 0.416 e. The summed E-state index contributed by atoms with van der Waals surface area (Å²) in [6, 6.07) is 4.25. The molecule has 1 aromatic heterocycles. The number of carbonyl (C=O) groups is 1. The highest BCUT2D eigenvalue weighted by molar-refractivity contribution is 6.31. The summed E-state index contributed by atoms with van der Waals surface area (Å²) in [7, 11) is 0. The predicted molar refractivity (Wildman–Crippen MR) is 75.5 cm³/mol. The number of amides is 1. The summed E-state index contributed by atoms with van der Waals surface area (Å²) in [4.78, 5) is 12.0. The Morgan fingerprint density at radius 1 is 1.41 bits per heavy atom. The average molecular weight is 332 g/mol. The van der Waals surface area contributed by atoms with Crippen molar-refractivity contribution in [2.45, 2.75) is 26.2 Å². The van der Waals surface area contributed by atoms with Gasteiger partial charge in [0.05, 0.1) is 29.0 Å². The number of halogens is 4. The lowest BCUT2D eigenvalue weighted by atomic mass is 10.1. The topological polar surface area (TPSA) is 46.9 Å². The van der Waals surface area contributed by atoms with Gasteiger partial charge in [-0.25, -0.2) is 0 Å². The zero-order valence-electron chi connectivity index (χ0n) is 11.6. The summed E-state index contributed by atoms with van der Waals surface area (Å²) in [5.41, 5.74) is -0.324. The lowest BCUT2D eigenvalue weighted by molar-refractivity contribution is -0.137. The molecule has 118 valence electrons. The minimum atomic E-state index is -4.49. The van der Waals surface area contributed by atoms with Gasteiger partial charge in [0.15, 0.2) is 0 Å². The molecule has 0 atom stereocenters. The Morgan fingerprint density at radius 2 is 2.14 bits per heavy atom. The predicted octanol–water partition coefficient (Wildman–Crippen LogP) is 3.51. The van der Waals surface area contributed by atoms with E-state index in [0.717, 1.165) is 12.1 Å². The molecular formula is C14H13ClF3N3O. The molecule has 2 aromatic rings. The third kappa shape index (κ3) is 3.59. The van der Waals surface area contributed by atoms with Gasteiger partial charge in [-0.3, -0.25) is 9.48 Å². The Morgan fingerprint density at radius 3 is 2.77 bits per heavy atom. The van der Waals surface area contributed by atoms with Crippen LogP contribution in [0.2, 0.25) is 5.02 Å². The Kier molecular flexibility index (Phi) is 4.75. The van der Waals surface area contributed by atoms with E-state index in [4.69, 9.17) is 11.6 Å². The number of hydrogen-bond acceptors (Lipinski definition) is 2. The fourth-order valence-corrected chi connectivity index (χ4v) is 2.15. The SMILES string of the molecule is CCn1ncc(Cl)c1CNC(=O)c1cccc(C(F)(F)F)c1. The molecule has 1 amide bonds. The number of nitrogens with one attached hydrogen (secondary N) is 1. The summed E-state index contributed by atoms with van der Waals surface area (Å²) >= 11 is 5.95. The Hall–Kier alpha value is -2.02. The number of aromatic nitrogens is 2. The first kappa shape index (κ1) is 16.4. The number of rotatable bonds is 4. The maximum absolute atomic E-state index is 12.6. The molecule has 0 spiro atoms. The zero-order chi connectivity index (χ0) is 16.3. The highest BCUT2D eigenvalue weighted by Crippen LogP contribution is 2.29. The van der Waals surface area contributed by atoms with E-state index in [9.17, 15) is 18.0 Å². The summed E-state index contributed by atoms with van der Waals surface area (Å²) in [6.45, 7) is 2.52. The van der Waals surface area contributed by atoms with E-state index in [1.54, 1.807) is 4.68 Å². The Bertz CT molecular complexity index is 682. The first-order chi connectivity index (χ1) is 10.3. The monoisotopic (exact) mass is 331 g/mol. The van der Waals surface area contributed by atoms with Crippen LogP contribution < -0.4 is 5.32 Å². The third-order valence-electron chi connectivity index (χ3n) is 3.07. The second-order valence-electron chi connectivity index (χ2n) is 4.52. The van der Waals surface area contributed by atoms with Gasteiger partial charge in [0, 0.05) is 12.1 Å². The molecule has 0 bridgehead atoms. The number of hydrogen-bond donors (Lipinski definition) is 1.